The van der Waals surface area contributed by atoms with E-state index in [-0.39, 0.29) is 39.9 Å². The molecule has 2 saturated heterocycles. The fourth-order valence-corrected chi connectivity index (χ4v) is 6.29. The highest BCUT2D eigenvalue weighted by atomic mass is 16.7. The summed E-state index contributed by atoms with van der Waals surface area (Å²) in [5.74, 6) is -3.58. The third-order valence-electron chi connectivity index (χ3n) is 9.36. The number of rotatable bonds is 12. The summed E-state index contributed by atoms with van der Waals surface area (Å²) in [4.78, 5) is 27.2. The Kier molecular flexibility index (Phi) is 12.6. The number of phenols is 3. The zero-order valence-corrected chi connectivity index (χ0v) is 30.5. The van der Waals surface area contributed by atoms with Gasteiger partial charge in [-0.1, -0.05) is 0 Å². The van der Waals surface area contributed by atoms with Gasteiger partial charge in [0.1, 0.15) is 70.9 Å². The van der Waals surface area contributed by atoms with Gasteiger partial charge in [0, 0.05) is 23.8 Å². The van der Waals surface area contributed by atoms with Crippen molar-refractivity contribution in [1.29, 1.82) is 0 Å². The standard InChI is InChI=1S/C38H40O20/c1-51-21-9-15(10-22(52-2)27(21)44)3-8-25(43)57-36-32(49)29(46)24(14-40)56-38(36)58-35-30(47)26-19(42)11-17(41)12-20(26)54-34(35)16-4-6-18(7-5-16)53-37-33(50)31(48)28(45)23(13-39)55-37/h3-12,23-24,28-29,31-33,36-42,44-46,48-50H,13-14H2,1-2H3/b8-3+/t23-,24-,28-,29-,31+,32+,33-,36-,37-,38+/m1/s1. The average Bonchev–Trinajstić information content (AvgIpc) is 3.21. The molecule has 0 radical (unpaired) electrons. The Hall–Kier alpha value is -5.68. The van der Waals surface area contributed by atoms with Crippen LogP contribution in [-0.4, -0.2) is 146 Å². The van der Waals surface area contributed by atoms with E-state index >= 15 is 0 Å². The first kappa shape index (κ1) is 41.9. The highest BCUT2D eigenvalue weighted by molar-refractivity contribution is 5.89. The lowest BCUT2D eigenvalue weighted by Gasteiger charge is -2.41. The molecule has 0 unspecified atom stereocenters. The SMILES string of the molecule is COc1cc(/C=C/C(=O)O[C@H]2[C@H](Oc3c(-c4ccc(O[C@@H]5O[C@H](CO)[C@@H](O)[C@H](O)[C@H]5O)cc4)oc4cc(O)cc(O)c4c3=O)O[C@H](CO)[C@@H](O)[C@@H]2O)cc(OC)c1O. The van der Waals surface area contributed by atoms with Gasteiger partial charge in [0.15, 0.2) is 23.4 Å². The molecule has 0 bridgehead atoms. The Morgan fingerprint density at radius 3 is 1.97 bits per heavy atom. The van der Waals surface area contributed by atoms with Crippen LogP contribution in [0.3, 0.4) is 0 Å². The number of methoxy groups -OCH3 is 2. The zero-order chi connectivity index (χ0) is 42.0. The summed E-state index contributed by atoms with van der Waals surface area (Å²) in [7, 11) is 2.60. The summed E-state index contributed by atoms with van der Waals surface area (Å²) < 4.78 is 44.3. The topological polar surface area (TPSA) is 314 Å². The molecule has 0 saturated carbocycles. The van der Waals surface area contributed by atoms with Gasteiger partial charge in [-0.2, -0.15) is 0 Å². The second kappa shape index (κ2) is 17.4. The van der Waals surface area contributed by atoms with Gasteiger partial charge in [0.2, 0.25) is 29.5 Å². The molecule has 6 rings (SSSR count). The number of esters is 1. The second-order valence-electron chi connectivity index (χ2n) is 13.1. The van der Waals surface area contributed by atoms with Crippen molar-refractivity contribution in [2.45, 2.75) is 61.4 Å². The van der Waals surface area contributed by atoms with E-state index in [1.807, 2.05) is 0 Å². The number of aromatic hydroxyl groups is 3. The molecule has 0 amide bonds. The minimum Gasteiger partial charge on any atom is -0.508 e. The summed E-state index contributed by atoms with van der Waals surface area (Å²) in [5.41, 5.74) is -0.967. The van der Waals surface area contributed by atoms with Crippen LogP contribution in [0, 0.1) is 0 Å². The van der Waals surface area contributed by atoms with Crippen LogP contribution in [0.25, 0.3) is 28.4 Å². The molecule has 2 fully saturated rings. The lowest BCUT2D eigenvalue weighted by atomic mass is 9.99. The molecule has 4 aromatic rings. The van der Waals surface area contributed by atoms with Crippen molar-refractivity contribution in [3.8, 4) is 51.6 Å². The second-order valence-corrected chi connectivity index (χ2v) is 13.1. The fourth-order valence-electron chi connectivity index (χ4n) is 6.29. The molecule has 0 aliphatic carbocycles. The van der Waals surface area contributed by atoms with Gasteiger partial charge in [0.25, 0.3) is 0 Å². The van der Waals surface area contributed by atoms with Crippen molar-refractivity contribution in [1.82, 2.24) is 0 Å². The normalized spacial score (nSPS) is 27.3. The number of fused-ring (bicyclic) bond motifs is 1. The van der Waals surface area contributed by atoms with Crippen LogP contribution < -0.4 is 24.4 Å². The molecule has 10 atom stereocenters. The first-order valence-electron chi connectivity index (χ1n) is 17.4. The summed E-state index contributed by atoms with van der Waals surface area (Å²) >= 11 is 0. The minimum absolute atomic E-state index is 0.0247. The molecular formula is C38H40O20. The quantitative estimate of drug-likeness (QED) is 0.0619. The molecule has 2 aliphatic heterocycles. The summed E-state index contributed by atoms with van der Waals surface area (Å²) in [5, 5.41) is 102. The van der Waals surface area contributed by atoms with Gasteiger partial charge < -0.3 is 88.6 Å². The maximum Gasteiger partial charge on any atom is 0.331 e. The number of aliphatic hydroxyl groups is 7. The number of phenolic OH excluding ortho intramolecular Hbond substituents is 3. The smallest absolute Gasteiger partial charge is 0.331 e. The van der Waals surface area contributed by atoms with Crippen molar-refractivity contribution in [3.63, 3.8) is 0 Å². The molecule has 3 heterocycles. The van der Waals surface area contributed by atoms with E-state index in [1.165, 1.54) is 56.7 Å². The zero-order valence-electron chi connectivity index (χ0n) is 30.5. The van der Waals surface area contributed by atoms with Crippen LogP contribution >= 0.6 is 0 Å². The van der Waals surface area contributed by atoms with Gasteiger partial charge in [-0.3, -0.25) is 4.79 Å². The molecule has 312 valence electrons. The third kappa shape index (κ3) is 8.32. The molecule has 0 spiro atoms. The van der Waals surface area contributed by atoms with Gasteiger partial charge in [0.05, 0.1) is 27.4 Å². The first-order valence-corrected chi connectivity index (χ1v) is 17.4. The molecular weight excluding hydrogens is 776 g/mol. The predicted octanol–water partition coefficient (Wildman–Crippen LogP) is -0.784. The van der Waals surface area contributed by atoms with Crippen LogP contribution in [0.2, 0.25) is 0 Å². The molecule has 2 aliphatic rings. The lowest BCUT2D eigenvalue weighted by Crippen LogP contribution is -2.61. The molecule has 10 N–H and O–H groups in total. The van der Waals surface area contributed by atoms with E-state index in [1.54, 1.807) is 0 Å². The van der Waals surface area contributed by atoms with Crippen molar-refractivity contribution in [3.05, 3.63) is 70.4 Å². The molecule has 3 aromatic carbocycles. The number of carbonyl (C=O) groups is 1. The average molecular weight is 817 g/mol. The first-order chi connectivity index (χ1) is 27.7. The van der Waals surface area contributed by atoms with Crippen molar-refractivity contribution >= 4 is 23.0 Å². The van der Waals surface area contributed by atoms with E-state index in [9.17, 15) is 60.7 Å². The van der Waals surface area contributed by atoms with E-state index < -0.39 is 109 Å². The van der Waals surface area contributed by atoms with E-state index in [2.05, 4.69) is 0 Å². The van der Waals surface area contributed by atoms with Crippen LogP contribution in [-0.2, 0) is 19.0 Å². The number of aliphatic hydroxyl groups excluding tert-OH is 7. The monoisotopic (exact) mass is 816 g/mol. The molecule has 20 nitrogen and oxygen atoms in total. The van der Waals surface area contributed by atoms with E-state index in [0.717, 1.165) is 18.2 Å². The molecule has 58 heavy (non-hydrogen) atoms. The van der Waals surface area contributed by atoms with Gasteiger partial charge >= 0.3 is 5.97 Å². The van der Waals surface area contributed by atoms with Crippen molar-refractivity contribution in [2.75, 3.05) is 27.4 Å². The Morgan fingerprint density at radius 2 is 1.36 bits per heavy atom. The summed E-state index contributed by atoms with van der Waals surface area (Å²) in [6.07, 6.45) is -14.8. The number of ether oxygens (including phenoxy) is 7. The van der Waals surface area contributed by atoms with Crippen LogP contribution in [0.15, 0.2) is 63.8 Å². The van der Waals surface area contributed by atoms with Gasteiger partial charge in [-0.15, -0.1) is 0 Å². The third-order valence-corrected chi connectivity index (χ3v) is 9.36. The Morgan fingerprint density at radius 1 is 0.759 bits per heavy atom. The Labute approximate surface area is 327 Å². The number of hydrogen-bond acceptors (Lipinski definition) is 20. The van der Waals surface area contributed by atoms with Gasteiger partial charge in [-0.25, -0.2) is 4.79 Å². The van der Waals surface area contributed by atoms with Crippen LogP contribution in [0.4, 0.5) is 0 Å². The minimum atomic E-state index is -1.97. The highest BCUT2D eigenvalue weighted by Gasteiger charge is 2.49. The lowest BCUT2D eigenvalue weighted by molar-refractivity contribution is -0.281. The van der Waals surface area contributed by atoms with Gasteiger partial charge in [-0.05, 0) is 48.0 Å². The van der Waals surface area contributed by atoms with Crippen molar-refractivity contribution in [2.24, 2.45) is 0 Å². The van der Waals surface area contributed by atoms with Crippen LogP contribution in [0.1, 0.15) is 5.56 Å². The predicted molar refractivity (Wildman–Crippen MR) is 194 cm³/mol. The maximum absolute atomic E-state index is 14.1. The fraction of sp³-hybridized carbons (Fsp3) is 0.368. The maximum atomic E-state index is 14.1. The van der Waals surface area contributed by atoms with Crippen molar-refractivity contribution < 1.29 is 93.4 Å². The highest BCUT2D eigenvalue weighted by Crippen LogP contribution is 2.39. The summed E-state index contributed by atoms with van der Waals surface area (Å²) in [6, 6.07) is 9.98. The Bertz CT molecular complexity index is 2160. The number of hydrogen-bond donors (Lipinski definition) is 10. The van der Waals surface area contributed by atoms with E-state index in [4.69, 9.17) is 37.6 Å². The van der Waals surface area contributed by atoms with E-state index in [0.29, 0.717) is 5.56 Å². The largest absolute Gasteiger partial charge is 0.508 e. The Balaban J connectivity index is 1.34. The molecule has 20 heteroatoms. The molecule has 1 aromatic heterocycles. The summed E-state index contributed by atoms with van der Waals surface area (Å²) in [6.45, 7) is -1.56. The number of carbonyl (C=O) groups excluding carboxylic acids is 1. The number of benzene rings is 3. The van der Waals surface area contributed by atoms with Crippen LogP contribution in [0.5, 0.6) is 40.2 Å².